The normalized spacial score (nSPS) is 12.2. The molecule has 3 nitrogen and oxygen atoms in total. The van der Waals surface area contributed by atoms with Crippen LogP contribution < -0.4 is 4.74 Å². The number of nitriles is 1. The summed E-state index contributed by atoms with van der Waals surface area (Å²) in [5.74, 6) is 0.952. The van der Waals surface area contributed by atoms with Gasteiger partial charge in [-0.15, -0.1) is 0 Å². The largest absolute Gasteiger partial charge is 0.474 e. The first-order chi connectivity index (χ1) is 6.63. The molecule has 0 aliphatic carbocycles. The molecule has 14 heavy (non-hydrogen) atoms. The molecule has 1 aromatic rings. The third-order valence-electron chi connectivity index (χ3n) is 2.11. The molecular formula is C11H14N2O. The molecule has 0 N–H and O–H groups in total. The second-order valence-corrected chi connectivity index (χ2v) is 3.56. The van der Waals surface area contributed by atoms with Crippen LogP contribution in [-0.4, -0.2) is 11.1 Å². The molecule has 0 bridgehead atoms. The van der Waals surface area contributed by atoms with Crippen molar-refractivity contribution in [3.05, 3.63) is 23.9 Å². The maximum Gasteiger partial charge on any atom is 0.214 e. The molecule has 1 aromatic heterocycles. The highest BCUT2D eigenvalue weighted by Gasteiger charge is 2.09. The average Bonchev–Trinajstić information content (AvgIpc) is 2.18. The van der Waals surface area contributed by atoms with Crippen molar-refractivity contribution in [2.75, 3.05) is 0 Å². The zero-order valence-electron chi connectivity index (χ0n) is 8.69. The fourth-order valence-corrected chi connectivity index (χ4v) is 0.870. The third-order valence-corrected chi connectivity index (χ3v) is 2.11. The topological polar surface area (TPSA) is 45.9 Å². The van der Waals surface area contributed by atoms with Crippen molar-refractivity contribution in [3.8, 4) is 11.9 Å². The van der Waals surface area contributed by atoms with Gasteiger partial charge >= 0.3 is 0 Å². The predicted octanol–water partition coefficient (Wildman–Crippen LogP) is 2.38. The van der Waals surface area contributed by atoms with Crippen molar-refractivity contribution in [3.63, 3.8) is 0 Å². The molecule has 0 spiro atoms. The van der Waals surface area contributed by atoms with E-state index < -0.39 is 0 Å². The Morgan fingerprint density at radius 1 is 1.43 bits per heavy atom. The molecular weight excluding hydrogens is 176 g/mol. The van der Waals surface area contributed by atoms with Crippen molar-refractivity contribution in [1.82, 2.24) is 4.98 Å². The monoisotopic (exact) mass is 190 g/mol. The van der Waals surface area contributed by atoms with E-state index in [4.69, 9.17) is 10.00 Å². The number of pyridine rings is 1. The van der Waals surface area contributed by atoms with Crippen molar-refractivity contribution >= 4 is 0 Å². The summed E-state index contributed by atoms with van der Waals surface area (Å²) < 4.78 is 5.56. The van der Waals surface area contributed by atoms with E-state index >= 15 is 0 Å². The molecule has 0 saturated heterocycles. The fourth-order valence-electron chi connectivity index (χ4n) is 0.870. The Morgan fingerprint density at radius 2 is 2.14 bits per heavy atom. The molecule has 1 heterocycles. The van der Waals surface area contributed by atoms with Gasteiger partial charge in [-0.1, -0.05) is 13.8 Å². The third kappa shape index (κ3) is 2.74. The van der Waals surface area contributed by atoms with Crippen LogP contribution in [0.5, 0.6) is 5.88 Å². The van der Waals surface area contributed by atoms with Gasteiger partial charge < -0.3 is 4.74 Å². The summed E-state index contributed by atoms with van der Waals surface area (Å²) >= 11 is 0. The van der Waals surface area contributed by atoms with Crippen LogP contribution in [-0.2, 0) is 0 Å². The van der Waals surface area contributed by atoms with Crippen LogP contribution in [0.15, 0.2) is 18.3 Å². The van der Waals surface area contributed by atoms with Crippen LogP contribution in [0.3, 0.4) is 0 Å². The van der Waals surface area contributed by atoms with Crippen LogP contribution in [0, 0.1) is 17.2 Å². The zero-order chi connectivity index (χ0) is 10.6. The fraction of sp³-hybridized carbons (Fsp3) is 0.455. The molecule has 0 radical (unpaired) electrons. The highest BCUT2D eigenvalue weighted by atomic mass is 16.5. The molecule has 74 valence electrons. The molecule has 0 aliphatic heterocycles. The van der Waals surface area contributed by atoms with Gasteiger partial charge in [0, 0.05) is 12.3 Å². The van der Waals surface area contributed by atoms with Crippen LogP contribution in [0.4, 0.5) is 0 Å². The lowest BCUT2D eigenvalue weighted by atomic mass is 10.1. The summed E-state index contributed by atoms with van der Waals surface area (Å²) in [6.45, 7) is 6.16. The Balaban J connectivity index is 2.73. The summed E-state index contributed by atoms with van der Waals surface area (Å²) in [5, 5.41) is 8.67. The van der Waals surface area contributed by atoms with E-state index in [1.807, 2.05) is 13.0 Å². The van der Waals surface area contributed by atoms with Gasteiger partial charge in [0.25, 0.3) is 0 Å². The van der Waals surface area contributed by atoms with Crippen molar-refractivity contribution < 1.29 is 4.74 Å². The van der Waals surface area contributed by atoms with Crippen molar-refractivity contribution in [1.29, 1.82) is 5.26 Å². The molecule has 0 amide bonds. The standard InChI is InChI=1S/C11H14N2O/c1-8(2)9(3)14-11-6-10(7-12)4-5-13-11/h4-6,8-9H,1-3H3. The second-order valence-electron chi connectivity index (χ2n) is 3.56. The summed E-state index contributed by atoms with van der Waals surface area (Å²) in [6.07, 6.45) is 1.69. The predicted molar refractivity (Wildman–Crippen MR) is 53.9 cm³/mol. The summed E-state index contributed by atoms with van der Waals surface area (Å²) in [6, 6.07) is 5.36. The first kappa shape index (κ1) is 10.5. The number of ether oxygens (including phenoxy) is 1. The Kier molecular flexibility index (Phi) is 3.47. The smallest absolute Gasteiger partial charge is 0.214 e. The summed E-state index contributed by atoms with van der Waals surface area (Å²) in [7, 11) is 0. The van der Waals surface area contributed by atoms with Gasteiger partial charge in [0.15, 0.2) is 0 Å². The van der Waals surface area contributed by atoms with Gasteiger partial charge in [-0.05, 0) is 18.9 Å². The van der Waals surface area contributed by atoms with E-state index in [2.05, 4.69) is 18.8 Å². The van der Waals surface area contributed by atoms with Crippen LogP contribution in [0.25, 0.3) is 0 Å². The average molecular weight is 190 g/mol. The van der Waals surface area contributed by atoms with Gasteiger partial charge in [-0.3, -0.25) is 0 Å². The van der Waals surface area contributed by atoms with Crippen LogP contribution >= 0.6 is 0 Å². The summed E-state index contributed by atoms with van der Waals surface area (Å²) in [5.41, 5.74) is 0.575. The Labute approximate surface area is 84.3 Å². The minimum Gasteiger partial charge on any atom is -0.474 e. The Morgan fingerprint density at radius 3 is 2.71 bits per heavy atom. The van der Waals surface area contributed by atoms with E-state index in [0.29, 0.717) is 17.4 Å². The minimum absolute atomic E-state index is 0.108. The van der Waals surface area contributed by atoms with Gasteiger partial charge in [0.2, 0.25) is 5.88 Å². The SMILES string of the molecule is CC(C)C(C)Oc1cc(C#N)ccn1. The number of hydrogen-bond donors (Lipinski definition) is 0. The van der Waals surface area contributed by atoms with E-state index in [0.717, 1.165) is 0 Å². The minimum atomic E-state index is 0.108. The van der Waals surface area contributed by atoms with Gasteiger partial charge in [0.05, 0.1) is 17.7 Å². The number of nitrogens with zero attached hydrogens (tertiary/aromatic N) is 2. The highest BCUT2D eigenvalue weighted by Crippen LogP contribution is 2.13. The molecule has 1 rings (SSSR count). The maximum atomic E-state index is 8.67. The second kappa shape index (κ2) is 4.61. The molecule has 1 atom stereocenters. The number of rotatable bonds is 3. The maximum absolute atomic E-state index is 8.67. The van der Waals surface area contributed by atoms with E-state index in [-0.39, 0.29) is 6.10 Å². The highest BCUT2D eigenvalue weighted by molar-refractivity contribution is 5.31. The molecule has 0 saturated carbocycles. The first-order valence-electron chi connectivity index (χ1n) is 4.66. The van der Waals surface area contributed by atoms with E-state index in [1.165, 1.54) is 0 Å². The lowest BCUT2D eigenvalue weighted by Gasteiger charge is -2.16. The van der Waals surface area contributed by atoms with Crippen molar-refractivity contribution in [2.45, 2.75) is 26.9 Å². The molecule has 0 aliphatic rings. The van der Waals surface area contributed by atoms with Crippen molar-refractivity contribution in [2.24, 2.45) is 5.92 Å². The first-order valence-corrected chi connectivity index (χ1v) is 4.66. The molecule has 3 heteroatoms. The quantitative estimate of drug-likeness (QED) is 0.735. The van der Waals surface area contributed by atoms with Crippen LogP contribution in [0.2, 0.25) is 0 Å². The van der Waals surface area contributed by atoms with Gasteiger partial charge in [-0.25, -0.2) is 4.98 Å². The lowest BCUT2D eigenvalue weighted by Crippen LogP contribution is -2.19. The van der Waals surface area contributed by atoms with E-state index in [1.54, 1.807) is 18.3 Å². The van der Waals surface area contributed by atoms with Crippen LogP contribution in [0.1, 0.15) is 26.3 Å². The molecule has 1 unspecified atom stereocenters. The Hall–Kier alpha value is -1.56. The molecule has 0 fully saturated rings. The molecule has 0 aromatic carbocycles. The number of hydrogen-bond acceptors (Lipinski definition) is 3. The van der Waals surface area contributed by atoms with E-state index in [9.17, 15) is 0 Å². The lowest BCUT2D eigenvalue weighted by molar-refractivity contribution is 0.163. The summed E-state index contributed by atoms with van der Waals surface area (Å²) in [4.78, 5) is 4.04. The number of aromatic nitrogens is 1. The zero-order valence-corrected chi connectivity index (χ0v) is 8.69. The van der Waals surface area contributed by atoms with Gasteiger partial charge in [-0.2, -0.15) is 5.26 Å². The van der Waals surface area contributed by atoms with Gasteiger partial charge in [0.1, 0.15) is 0 Å². The Bertz CT molecular complexity index is 341.